The number of methoxy groups -OCH3 is 1. The summed E-state index contributed by atoms with van der Waals surface area (Å²) in [5.41, 5.74) is 0. The van der Waals surface area contributed by atoms with E-state index < -0.39 is 0 Å². The van der Waals surface area contributed by atoms with Crippen molar-refractivity contribution in [3.05, 3.63) is 10.2 Å². The number of rotatable bonds is 9. The molecule has 0 rings (SSSR count). The van der Waals surface area contributed by atoms with Crippen LogP contribution in [0.5, 0.6) is 0 Å². The summed E-state index contributed by atoms with van der Waals surface area (Å²) in [5.74, 6) is 0. The monoisotopic (exact) mass is 326 g/mol. The topological polar surface area (TPSA) is 18.5 Å². The van der Waals surface area contributed by atoms with E-state index in [4.69, 9.17) is 9.47 Å². The minimum Gasteiger partial charge on any atom is -0.382 e. The molecule has 0 aromatic carbocycles. The van der Waals surface area contributed by atoms with Gasteiger partial charge in [-0.05, 0) is 23.5 Å². The Kier molecular flexibility index (Phi) is 11.2. The van der Waals surface area contributed by atoms with Crippen LogP contribution in [0.25, 0.3) is 0 Å². The van der Waals surface area contributed by atoms with E-state index in [0.29, 0.717) is 6.61 Å². The SMILES string of the molecule is CCCCCC(C=CI)OC(C)COC. The Morgan fingerprint density at radius 1 is 1.33 bits per heavy atom. The zero-order chi connectivity index (χ0) is 11.5. The highest BCUT2D eigenvalue weighted by Gasteiger charge is 2.09. The van der Waals surface area contributed by atoms with Gasteiger partial charge in [0.25, 0.3) is 0 Å². The zero-order valence-corrected chi connectivity index (χ0v) is 12.2. The van der Waals surface area contributed by atoms with E-state index in [1.165, 1.54) is 19.3 Å². The predicted molar refractivity (Wildman–Crippen MR) is 73.5 cm³/mol. The summed E-state index contributed by atoms with van der Waals surface area (Å²) in [7, 11) is 1.71. The first-order chi connectivity index (χ1) is 7.24. The Balaban J connectivity index is 3.81. The molecular formula is C12H23IO2. The van der Waals surface area contributed by atoms with Gasteiger partial charge in [0.15, 0.2) is 0 Å². The van der Waals surface area contributed by atoms with Crippen LogP contribution >= 0.6 is 22.6 Å². The maximum atomic E-state index is 5.86. The van der Waals surface area contributed by atoms with Gasteiger partial charge in [0, 0.05) is 7.11 Å². The van der Waals surface area contributed by atoms with Gasteiger partial charge in [-0.15, -0.1) is 0 Å². The average Bonchev–Trinajstić information content (AvgIpc) is 2.18. The minimum absolute atomic E-state index is 0.175. The van der Waals surface area contributed by atoms with Crippen molar-refractivity contribution in [3.63, 3.8) is 0 Å². The maximum absolute atomic E-state index is 5.86. The van der Waals surface area contributed by atoms with Gasteiger partial charge < -0.3 is 9.47 Å². The van der Waals surface area contributed by atoms with E-state index in [9.17, 15) is 0 Å². The summed E-state index contributed by atoms with van der Waals surface area (Å²) in [6.07, 6.45) is 7.45. The Morgan fingerprint density at radius 3 is 2.60 bits per heavy atom. The third kappa shape index (κ3) is 9.33. The highest BCUT2D eigenvalue weighted by molar-refractivity contribution is 14.1. The molecule has 2 nitrogen and oxygen atoms in total. The highest BCUT2D eigenvalue weighted by atomic mass is 127. The third-order valence-electron chi connectivity index (χ3n) is 2.19. The molecule has 0 saturated heterocycles. The van der Waals surface area contributed by atoms with Gasteiger partial charge in [0.2, 0.25) is 0 Å². The highest BCUT2D eigenvalue weighted by Crippen LogP contribution is 2.11. The van der Waals surface area contributed by atoms with Crippen molar-refractivity contribution in [1.82, 2.24) is 0 Å². The van der Waals surface area contributed by atoms with Gasteiger partial charge in [-0.25, -0.2) is 0 Å². The van der Waals surface area contributed by atoms with Gasteiger partial charge in [-0.2, -0.15) is 0 Å². The van der Waals surface area contributed by atoms with Gasteiger partial charge in [-0.1, -0.05) is 48.8 Å². The number of hydrogen-bond acceptors (Lipinski definition) is 2. The van der Waals surface area contributed by atoms with Crippen molar-refractivity contribution in [2.75, 3.05) is 13.7 Å². The number of unbranched alkanes of at least 4 members (excludes halogenated alkanes) is 2. The van der Waals surface area contributed by atoms with Crippen molar-refractivity contribution in [3.8, 4) is 0 Å². The normalized spacial score (nSPS) is 15.7. The fourth-order valence-electron chi connectivity index (χ4n) is 1.46. The van der Waals surface area contributed by atoms with Gasteiger partial charge in [0.05, 0.1) is 18.8 Å². The summed E-state index contributed by atoms with van der Waals surface area (Å²) >= 11 is 2.24. The standard InChI is InChI=1S/C12H23IO2/c1-4-5-6-7-12(8-9-13)15-11(2)10-14-3/h8-9,11-12H,4-7,10H2,1-3H3. The smallest absolute Gasteiger partial charge is 0.0788 e. The molecular weight excluding hydrogens is 303 g/mol. The maximum Gasteiger partial charge on any atom is 0.0788 e. The van der Waals surface area contributed by atoms with Gasteiger partial charge in [0.1, 0.15) is 0 Å². The van der Waals surface area contributed by atoms with E-state index in [2.05, 4.69) is 42.5 Å². The average molecular weight is 326 g/mol. The summed E-state index contributed by atoms with van der Waals surface area (Å²) in [4.78, 5) is 0. The van der Waals surface area contributed by atoms with Crippen molar-refractivity contribution in [1.29, 1.82) is 0 Å². The lowest BCUT2D eigenvalue weighted by Crippen LogP contribution is -2.22. The predicted octanol–water partition coefficient (Wildman–Crippen LogP) is 3.94. The Hall–Kier alpha value is 0.390. The summed E-state index contributed by atoms with van der Waals surface area (Å²) < 4.78 is 13.0. The Labute approximate surface area is 108 Å². The first kappa shape index (κ1) is 15.4. The van der Waals surface area contributed by atoms with Crippen LogP contribution in [0, 0.1) is 0 Å². The van der Waals surface area contributed by atoms with Crippen LogP contribution in [0.4, 0.5) is 0 Å². The number of halogens is 1. The molecule has 0 saturated carbocycles. The fourth-order valence-corrected chi connectivity index (χ4v) is 1.92. The van der Waals surface area contributed by atoms with Crippen molar-refractivity contribution < 1.29 is 9.47 Å². The molecule has 0 aromatic rings. The van der Waals surface area contributed by atoms with E-state index in [1.807, 2.05) is 4.08 Å². The molecule has 0 radical (unpaired) electrons. The third-order valence-corrected chi connectivity index (χ3v) is 2.60. The first-order valence-corrected chi connectivity index (χ1v) is 6.90. The Bertz CT molecular complexity index is 160. The molecule has 2 unspecified atom stereocenters. The molecule has 15 heavy (non-hydrogen) atoms. The molecule has 0 heterocycles. The molecule has 0 spiro atoms. The van der Waals surface area contributed by atoms with Crippen LogP contribution < -0.4 is 0 Å². The van der Waals surface area contributed by atoms with Crippen molar-refractivity contribution in [2.24, 2.45) is 0 Å². The van der Waals surface area contributed by atoms with Crippen LogP contribution in [0.1, 0.15) is 39.5 Å². The zero-order valence-electron chi connectivity index (χ0n) is 10.0. The summed E-state index contributed by atoms with van der Waals surface area (Å²) in [5, 5.41) is 0. The summed E-state index contributed by atoms with van der Waals surface area (Å²) in [6.45, 7) is 4.94. The Morgan fingerprint density at radius 2 is 2.07 bits per heavy atom. The minimum atomic E-state index is 0.175. The lowest BCUT2D eigenvalue weighted by molar-refractivity contribution is -0.0227. The molecule has 0 fully saturated rings. The second kappa shape index (κ2) is 10.9. The lowest BCUT2D eigenvalue weighted by atomic mass is 10.1. The van der Waals surface area contributed by atoms with Crippen LogP contribution in [0.15, 0.2) is 10.2 Å². The largest absolute Gasteiger partial charge is 0.382 e. The van der Waals surface area contributed by atoms with Crippen molar-refractivity contribution in [2.45, 2.75) is 51.7 Å². The van der Waals surface area contributed by atoms with E-state index in [1.54, 1.807) is 7.11 Å². The van der Waals surface area contributed by atoms with Crippen LogP contribution in [0.2, 0.25) is 0 Å². The summed E-state index contributed by atoms with van der Waals surface area (Å²) in [6, 6.07) is 0. The molecule has 0 bridgehead atoms. The first-order valence-electron chi connectivity index (χ1n) is 5.65. The second-order valence-electron chi connectivity index (χ2n) is 3.75. The van der Waals surface area contributed by atoms with E-state index in [0.717, 1.165) is 6.42 Å². The fraction of sp³-hybridized carbons (Fsp3) is 0.833. The molecule has 3 heteroatoms. The molecule has 0 aliphatic carbocycles. The van der Waals surface area contributed by atoms with Gasteiger partial charge >= 0.3 is 0 Å². The molecule has 0 N–H and O–H groups in total. The molecule has 0 aromatic heterocycles. The molecule has 90 valence electrons. The molecule has 0 aliphatic rings. The van der Waals surface area contributed by atoms with E-state index >= 15 is 0 Å². The number of hydrogen-bond donors (Lipinski definition) is 0. The van der Waals surface area contributed by atoms with E-state index in [-0.39, 0.29) is 12.2 Å². The molecule has 0 amide bonds. The molecule has 0 aliphatic heterocycles. The number of ether oxygens (including phenoxy) is 2. The van der Waals surface area contributed by atoms with Crippen molar-refractivity contribution >= 4 is 22.6 Å². The second-order valence-corrected chi connectivity index (χ2v) is 4.47. The van der Waals surface area contributed by atoms with Crippen LogP contribution in [0.3, 0.4) is 0 Å². The van der Waals surface area contributed by atoms with Crippen LogP contribution in [-0.4, -0.2) is 25.9 Å². The van der Waals surface area contributed by atoms with Gasteiger partial charge in [-0.3, -0.25) is 0 Å². The molecule has 2 atom stereocenters. The van der Waals surface area contributed by atoms with Crippen LogP contribution in [-0.2, 0) is 9.47 Å². The lowest BCUT2D eigenvalue weighted by Gasteiger charge is -2.19. The quantitative estimate of drug-likeness (QED) is 0.472.